The molecule has 2 aromatic carbocycles. The van der Waals surface area contributed by atoms with Gasteiger partial charge in [0.1, 0.15) is 0 Å². The molecular formula is C22H23ClN2O2. The minimum Gasteiger partial charge on any atom is -0.342 e. The lowest BCUT2D eigenvalue weighted by Crippen LogP contribution is -2.45. The van der Waals surface area contributed by atoms with Gasteiger partial charge in [-0.25, -0.2) is 0 Å². The molecule has 4 rings (SSSR count). The molecule has 0 radical (unpaired) electrons. The maximum absolute atomic E-state index is 13.1. The van der Waals surface area contributed by atoms with Crippen LogP contribution in [0.15, 0.2) is 54.6 Å². The zero-order chi connectivity index (χ0) is 18.9. The summed E-state index contributed by atoms with van der Waals surface area (Å²) >= 11 is 5.98. The highest BCUT2D eigenvalue weighted by atomic mass is 35.5. The van der Waals surface area contributed by atoms with Crippen LogP contribution in [0.1, 0.15) is 31.2 Å². The second-order valence-corrected chi connectivity index (χ2v) is 7.95. The molecular weight excluding hydrogens is 360 g/mol. The smallest absolute Gasteiger partial charge is 0.233 e. The molecule has 1 aliphatic carbocycles. The van der Waals surface area contributed by atoms with Crippen molar-refractivity contribution in [3.8, 4) is 0 Å². The van der Waals surface area contributed by atoms with Crippen LogP contribution in [0.3, 0.4) is 0 Å². The summed E-state index contributed by atoms with van der Waals surface area (Å²) in [7, 11) is 0. The van der Waals surface area contributed by atoms with E-state index in [1.807, 2.05) is 59.5 Å². The molecule has 0 spiro atoms. The highest BCUT2D eigenvalue weighted by molar-refractivity contribution is 6.30. The molecule has 0 bridgehead atoms. The van der Waals surface area contributed by atoms with E-state index >= 15 is 0 Å². The Bertz CT molecular complexity index is 823. The molecule has 1 N–H and O–H groups in total. The normalized spacial score (nSPS) is 18.8. The van der Waals surface area contributed by atoms with Crippen molar-refractivity contribution in [3.05, 3.63) is 65.2 Å². The number of hydrogen-bond donors (Lipinski definition) is 1. The molecule has 140 valence electrons. The number of rotatable bonds is 4. The number of para-hydroxylation sites is 1. The first-order valence-corrected chi connectivity index (χ1v) is 9.88. The number of anilines is 1. The average Bonchev–Trinajstić information content (AvgIpc) is 3.51. The molecule has 27 heavy (non-hydrogen) atoms. The molecule has 2 aliphatic rings. The van der Waals surface area contributed by atoms with Gasteiger partial charge in [0.2, 0.25) is 11.8 Å². The number of likely N-dealkylation sites (tertiary alicyclic amines) is 1. The molecule has 1 saturated heterocycles. The van der Waals surface area contributed by atoms with Crippen molar-refractivity contribution < 1.29 is 9.59 Å². The van der Waals surface area contributed by atoms with Crippen LogP contribution in [0.4, 0.5) is 5.69 Å². The van der Waals surface area contributed by atoms with E-state index < -0.39 is 0 Å². The Hall–Kier alpha value is -2.33. The number of nitrogens with one attached hydrogen (secondary N) is 1. The summed E-state index contributed by atoms with van der Waals surface area (Å²) in [5.74, 6) is 0.207. The third-order valence-electron chi connectivity index (χ3n) is 5.75. The number of hydrogen-bond acceptors (Lipinski definition) is 2. The van der Waals surface area contributed by atoms with Crippen LogP contribution in [0.25, 0.3) is 0 Å². The van der Waals surface area contributed by atoms with Crippen LogP contribution in [-0.2, 0) is 15.0 Å². The molecule has 1 aliphatic heterocycles. The third kappa shape index (κ3) is 3.72. The van der Waals surface area contributed by atoms with Gasteiger partial charge in [-0.2, -0.15) is 0 Å². The number of carbonyl (C=O) groups excluding carboxylic acids is 2. The van der Waals surface area contributed by atoms with Crippen LogP contribution >= 0.6 is 11.6 Å². The number of benzene rings is 2. The lowest BCUT2D eigenvalue weighted by Gasteiger charge is -2.34. The van der Waals surface area contributed by atoms with E-state index in [4.69, 9.17) is 11.6 Å². The quantitative estimate of drug-likeness (QED) is 0.859. The van der Waals surface area contributed by atoms with E-state index in [0.29, 0.717) is 31.0 Å². The fraction of sp³-hybridized carbons (Fsp3) is 0.364. The van der Waals surface area contributed by atoms with Crippen molar-refractivity contribution in [2.24, 2.45) is 5.92 Å². The lowest BCUT2D eigenvalue weighted by atomic mass is 9.91. The zero-order valence-corrected chi connectivity index (χ0v) is 15.9. The maximum Gasteiger partial charge on any atom is 0.233 e. The van der Waals surface area contributed by atoms with E-state index in [-0.39, 0.29) is 23.1 Å². The van der Waals surface area contributed by atoms with Gasteiger partial charge in [0.25, 0.3) is 0 Å². The SMILES string of the molecule is O=C(Nc1ccccc1)C1CCN(C(=O)C2(c3ccc(Cl)cc3)CC2)CC1. The Morgan fingerprint density at radius 2 is 1.59 bits per heavy atom. The largest absolute Gasteiger partial charge is 0.342 e. The van der Waals surface area contributed by atoms with Crippen LogP contribution in [0.2, 0.25) is 5.02 Å². The fourth-order valence-electron chi connectivity index (χ4n) is 3.93. The Labute approximate surface area is 164 Å². The van der Waals surface area contributed by atoms with Gasteiger partial charge in [0.15, 0.2) is 0 Å². The lowest BCUT2D eigenvalue weighted by molar-refractivity contribution is -0.137. The number of piperidine rings is 1. The number of halogens is 1. The summed E-state index contributed by atoms with van der Waals surface area (Å²) in [5.41, 5.74) is 1.51. The topological polar surface area (TPSA) is 49.4 Å². The predicted molar refractivity (Wildman–Crippen MR) is 107 cm³/mol. The molecule has 0 atom stereocenters. The molecule has 1 saturated carbocycles. The summed E-state index contributed by atoms with van der Waals surface area (Å²) in [5, 5.41) is 3.66. The van der Waals surface area contributed by atoms with E-state index in [0.717, 1.165) is 24.1 Å². The second kappa shape index (κ2) is 7.35. The van der Waals surface area contributed by atoms with Gasteiger partial charge in [0, 0.05) is 29.7 Å². The molecule has 1 heterocycles. The first kappa shape index (κ1) is 18.1. The summed E-state index contributed by atoms with van der Waals surface area (Å²) < 4.78 is 0. The average molecular weight is 383 g/mol. The monoisotopic (exact) mass is 382 g/mol. The van der Waals surface area contributed by atoms with Crippen molar-refractivity contribution in [2.75, 3.05) is 18.4 Å². The van der Waals surface area contributed by atoms with Gasteiger partial charge in [0.05, 0.1) is 5.41 Å². The molecule has 4 nitrogen and oxygen atoms in total. The van der Waals surface area contributed by atoms with Gasteiger partial charge < -0.3 is 10.2 Å². The Morgan fingerprint density at radius 1 is 0.963 bits per heavy atom. The molecule has 0 aromatic heterocycles. The molecule has 2 fully saturated rings. The Kier molecular flexibility index (Phi) is 4.92. The number of amides is 2. The highest BCUT2D eigenvalue weighted by Crippen LogP contribution is 2.50. The fourth-order valence-corrected chi connectivity index (χ4v) is 4.06. The minimum absolute atomic E-state index is 0.0417. The van der Waals surface area contributed by atoms with E-state index in [1.165, 1.54) is 0 Å². The zero-order valence-electron chi connectivity index (χ0n) is 15.2. The molecule has 2 amide bonds. The van der Waals surface area contributed by atoms with Crippen LogP contribution in [0.5, 0.6) is 0 Å². The summed E-state index contributed by atoms with van der Waals surface area (Å²) in [6.45, 7) is 1.28. The number of carbonyl (C=O) groups is 2. The first-order valence-electron chi connectivity index (χ1n) is 9.50. The number of nitrogens with zero attached hydrogens (tertiary/aromatic N) is 1. The van der Waals surface area contributed by atoms with Gasteiger partial charge in [-0.15, -0.1) is 0 Å². The molecule has 5 heteroatoms. The first-order chi connectivity index (χ1) is 13.1. The molecule has 0 unspecified atom stereocenters. The van der Waals surface area contributed by atoms with Crippen molar-refractivity contribution in [1.82, 2.24) is 4.90 Å². The molecule has 2 aromatic rings. The van der Waals surface area contributed by atoms with Crippen LogP contribution in [-0.4, -0.2) is 29.8 Å². The highest BCUT2D eigenvalue weighted by Gasteiger charge is 2.53. The third-order valence-corrected chi connectivity index (χ3v) is 6.00. The Morgan fingerprint density at radius 3 is 2.19 bits per heavy atom. The van der Waals surface area contributed by atoms with Crippen molar-refractivity contribution in [3.63, 3.8) is 0 Å². The minimum atomic E-state index is -0.371. The van der Waals surface area contributed by atoms with Crippen molar-refractivity contribution >= 4 is 29.1 Å². The van der Waals surface area contributed by atoms with E-state index in [9.17, 15) is 9.59 Å². The Balaban J connectivity index is 1.36. The van der Waals surface area contributed by atoms with E-state index in [1.54, 1.807) is 0 Å². The maximum atomic E-state index is 13.1. The predicted octanol–water partition coefficient (Wildman–Crippen LogP) is 4.25. The summed E-state index contributed by atoms with van der Waals surface area (Å²) in [4.78, 5) is 27.5. The van der Waals surface area contributed by atoms with Crippen molar-refractivity contribution in [2.45, 2.75) is 31.1 Å². The van der Waals surface area contributed by atoms with Crippen LogP contribution < -0.4 is 5.32 Å². The van der Waals surface area contributed by atoms with Gasteiger partial charge in [-0.3, -0.25) is 9.59 Å². The van der Waals surface area contributed by atoms with Gasteiger partial charge in [-0.1, -0.05) is 41.9 Å². The van der Waals surface area contributed by atoms with Crippen LogP contribution in [0, 0.1) is 5.92 Å². The van der Waals surface area contributed by atoms with Gasteiger partial charge in [-0.05, 0) is 55.5 Å². The van der Waals surface area contributed by atoms with E-state index in [2.05, 4.69) is 5.32 Å². The van der Waals surface area contributed by atoms with Crippen molar-refractivity contribution in [1.29, 1.82) is 0 Å². The summed E-state index contributed by atoms with van der Waals surface area (Å²) in [6.07, 6.45) is 3.20. The standard InChI is InChI=1S/C22H23ClN2O2/c23-18-8-6-17(7-9-18)22(12-13-22)21(27)25-14-10-16(11-15-25)20(26)24-19-4-2-1-3-5-19/h1-9,16H,10-15H2,(H,24,26). The second-order valence-electron chi connectivity index (χ2n) is 7.51. The van der Waals surface area contributed by atoms with Gasteiger partial charge >= 0.3 is 0 Å². The summed E-state index contributed by atoms with van der Waals surface area (Å²) in [6, 6.07) is 17.1.